The first kappa shape index (κ1) is 21.1. The van der Waals surface area contributed by atoms with Crippen LogP contribution < -0.4 is 15.5 Å². The molecule has 3 aromatic carbocycles. The first-order valence-corrected chi connectivity index (χ1v) is 10.0. The zero-order chi connectivity index (χ0) is 21.5. The molecule has 2 amide bonds. The van der Waals surface area contributed by atoms with Crippen molar-refractivity contribution >= 4 is 23.2 Å². The number of amides is 2. The summed E-state index contributed by atoms with van der Waals surface area (Å²) in [6, 6.07) is 22.7. The fraction of sp³-hybridized carbons (Fsp3) is 0.200. The van der Waals surface area contributed by atoms with E-state index in [1.165, 1.54) is 5.56 Å². The highest BCUT2D eigenvalue weighted by molar-refractivity contribution is 6.06. The monoisotopic (exact) mass is 401 g/mol. The zero-order valence-electron chi connectivity index (χ0n) is 17.6. The number of anilines is 2. The van der Waals surface area contributed by atoms with Crippen LogP contribution >= 0.6 is 0 Å². The van der Waals surface area contributed by atoms with Crippen LogP contribution in [-0.4, -0.2) is 25.9 Å². The highest BCUT2D eigenvalue weighted by atomic mass is 16.2. The van der Waals surface area contributed by atoms with E-state index in [4.69, 9.17) is 0 Å². The van der Waals surface area contributed by atoms with E-state index >= 15 is 0 Å². The predicted molar refractivity (Wildman–Crippen MR) is 122 cm³/mol. The predicted octanol–water partition coefficient (Wildman–Crippen LogP) is 4.50. The Labute approximate surface area is 177 Å². The molecule has 0 spiro atoms. The molecular weight excluding hydrogens is 374 g/mol. The maximum atomic E-state index is 12.9. The molecule has 154 valence electrons. The number of aryl methyl sites for hydroxylation is 1. The van der Waals surface area contributed by atoms with E-state index in [9.17, 15) is 9.59 Å². The summed E-state index contributed by atoms with van der Waals surface area (Å²) in [4.78, 5) is 27.4. The smallest absolute Gasteiger partial charge is 0.255 e. The molecule has 0 bridgehead atoms. The van der Waals surface area contributed by atoms with Crippen LogP contribution in [0, 0.1) is 0 Å². The first-order chi connectivity index (χ1) is 14.5. The number of carbonyl (C=O) groups excluding carboxylic acids is 2. The quantitative estimate of drug-likeness (QED) is 0.613. The van der Waals surface area contributed by atoms with Crippen LogP contribution in [0.25, 0.3) is 0 Å². The molecule has 0 unspecified atom stereocenters. The highest BCUT2D eigenvalue weighted by Crippen LogP contribution is 2.23. The number of benzene rings is 3. The van der Waals surface area contributed by atoms with Crippen LogP contribution in [0.2, 0.25) is 0 Å². The molecule has 0 radical (unpaired) electrons. The van der Waals surface area contributed by atoms with Crippen molar-refractivity contribution in [2.45, 2.75) is 19.9 Å². The van der Waals surface area contributed by atoms with E-state index in [0.29, 0.717) is 23.4 Å². The Bertz CT molecular complexity index is 1010. The summed E-state index contributed by atoms with van der Waals surface area (Å²) in [6.45, 7) is 2.51. The number of rotatable bonds is 7. The Morgan fingerprint density at radius 3 is 2.17 bits per heavy atom. The van der Waals surface area contributed by atoms with Crippen molar-refractivity contribution in [3.05, 3.63) is 95.1 Å². The van der Waals surface area contributed by atoms with E-state index in [-0.39, 0.29) is 11.8 Å². The van der Waals surface area contributed by atoms with Crippen molar-refractivity contribution in [3.63, 3.8) is 0 Å². The normalized spacial score (nSPS) is 10.4. The van der Waals surface area contributed by atoms with E-state index in [0.717, 1.165) is 17.7 Å². The van der Waals surface area contributed by atoms with Crippen molar-refractivity contribution in [3.8, 4) is 0 Å². The summed E-state index contributed by atoms with van der Waals surface area (Å²) in [6.07, 6.45) is 0.926. The van der Waals surface area contributed by atoms with Gasteiger partial charge in [0.05, 0.1) is 5.56 Å². The van der Waals surface area contributed by atoms with E-state index in [2.05, 4.69) is 17.6 Å². The Balaban J connectivity index is 1.77. The molecule has 0 aliphatic rings. The third-order valence-corrected chi connectivity index (χ3v) is 4.90. The van der Waals surface area contributed by atoms with E-state index < -0.39 is 0 Å². The molecular formula is C25H27N3O2. The number of hydrogen-bond acceptors (Lipinski definition) is 3. The van der Waals surface area contributed by atoms with Crippen LogP contribution in [0.1, 0.15) is 38.8 Å². The average molecular weight is 402 g/mol. The lowest BCUT2D eigenvalue weighted by Gasteiger charge is -2.18. The van der Waals surface area contributed by atoms with Crippen molar-refractivity contribution in [2.24, 2.45) is 0 Å². The molecule has 0 aliphatic heterocycles. The summed E-state index contributed by atoms with van der Waals surface area (Å²) >= 11 is 0. The van der Waals surface area contributed by atoms with Gasteiger partial charge in [-0.05, 0) is 47.9 Å². The number of nitrogens with one attached hydrogen (secondary N) is 2. The molecule has 0 atom stereocenters. The van der Waals surface area contributed by atoms with Gasteiger partial charge in [-0.25, -0.2) is 0 Å². The molecule has 5 nitrogen and oxygen atoms in total. The lowest BCUT2D eigenvalue weighted by atomic mass is 10.1. The topological polar surface area (TPSA) is 61.4 Å². The molecule has 5 heteroatoms. The van der Waals surface area contributed by atoms with Gasteiger partial charge in [0, 0.05) is 37.6 Å². The van der Waals surface area contributed by atoms with Gasteiger partial charge < -0.3 is 15.5 Å². The lowest BCUT2D eigenvalue weighted by Crippen LogP contribution is -2.25. The van der Waals surface area contributed by atoms with Gasteiger partial charge in [0.2, 0.25) is 0 Å². The first-order valence-electron chi connectivity index (χ1n) is 10.0. The van der Waals surface area contributed by atoms with Gasteiger partial charge in [-0.2, -0.15) is 0 Å². The van der Waals surface area contributed by atoms with Gasteiger partial charge in [-0.15, -0.1) is 0 Å². The molecule has 3 rings (SSSR count). The van der Waals surface area contributed by atoms with Gasteiger partial charge in [0.15, 0.2) is 0 Å². The molecule has 0 heterocycles. The maximum absolute atomic E-state index is 12.9. The number of nitrogens with zero attached hydrogens (tertiary/aromatic N) is 1. The van der Waals surface area contributed by atoms with Crippen LogP contribution in [0.3, 0.4) is 0 Å². The maximum Gasteiger partial charge on any atom is 0.255 e. The minimum absolute atomic E-state index is 0.189. The van der Waals surface area contributed by atoms with Crippen LogP contribution in [-0.2, 0) is 13.0 Å². The molecule has 0 fully saturated rings. The van der Waals surface area contributed by atoms with Crippen LogP contribution in [0.4, 0.5) is 11.4 Å². The highest BCUT2D eigenvalue weighted by Gasteiger charge is 2.15. The Morgan fingerprint density at radius 1 is 0.833 bits per heavy atom. The van der Waals surface area contributed by atoms with Gasteiger partial charge in [0.1, 0.15) is 0 Å². The standard InChI is InChI=1S/C25H27N3O2/c1-4-18-10-12-20(13-11-18)24(29)27-21-14-15-23(28(2)3)22(16-21)25(30)26-17-19-8-6-5-7-9-19/h5-16H,4,17H2,1-3H3,(H,26,30)(H,27,29). The second kappa shape index (κ2) is 9.74. The summed E-state index contributed by atoms with van der Waals surface area (Å²) in [5.41, 5.74) is 4.66. The molecule has 0 aliphatic carbocycles. The molecule has 0 saturated carbocycles. The molecule has 30 heavy (non-hydrogen) atoms. The summed E-state index contributed by atoms with van der Waals surface area (Å²) in [5.74, 6) is -0.392. The fourth-order valence-electron chi connectivity index (χ4n) is 3.15. The summed E-state index contributed by atoms with van der Waals surface area (Å²) in [7, 11) is 3.77. The van der Waals surface area contributed by atoms with Crippen LogP contribution in [0.15, 0.2) is 72.8 Å². The molecule has 0 aromatic heterocycles. The van der Waals surface area contributed by atoms with E-state index in [1.54, 1.807) is 6.07 Å². The van der Waals surface area contributed by atoms with Crippen LogP contribution in [0.5, 0.6) is 0 Å². The Morgan fingerprint density at radius 2 is 1.53 bits per heavy atom. The lowest BCUT2D eigenvalue weighted by molar-refractivity contribution is 0.0950. The Hall–Kier alpha value is -3.60. The Kier molecular flexibility index (Phi) is 6.86. The van der Waals surface area contributed by atoms with Gasteiger partial charge >= 0.3 is 0 Å². The SMILES string of the molecule is CCc1ccc(C(=O)Nc2ccc(N(C)C)c(C(=O)NCc3ccccc3)c2)cc1. The minimum atomic E-state index is -0.203. The van der Waals surface area contributed by atoms with Crippen molar-refractivity contribution in [1.82, 2.24) is 5.32 Å². The molecule has 2 N–H and O–H groups in total. The van der Waals surface area contributed by atoms with Gasteiger partial charge in [-0.1, -0.05) is 49.4 Å². The van der Waals surface area contributed by atoms with Gasteiger partial charge in [-0.3, -0.25) is 9.59 Å². The number of carbonyl (C=O) groups is 2. The van der Waals surface area contributed by atoms with Crippen molar-refractivity contribution < 1.29 is 9.59 Å². The largest absolute Gasteiger partial charge is 0.377 e. The molecule has 3 aromatic rings. The van der Waals surface area contributed by atoms with Crippen molar-refractivity contribution in [2.75, 3.05) is 24.3 Å². The average Bonchev–Trinajstić information content (AvgIpc) is 2.78. The fourth-order valence-corrected chi connectivity index (χ4v) is 3.15. The summed E-state index contributed by atoms with van der Waals surface area (Å²) < 4.78 is 0. The second-order valence-corrected chi connectivity index (χ2v) is 7.30. The molecule has 0 saturated heterocycles. The third kappa shape index (κ3) is 5.26. The van der Waals surface area contributed by atoms with E-state index in [1.807, 2.05) is 85.7 Å². The number of hydrogen-bond donors (Lipinski definition) is 2. The van der Waals surface area contributed by atoms with Gasteiger partial charge in [0.25, 0.3) is 11.8 Å². The second-order valence-electron chi connectivity index (χ2n) is 7.30. The third-order valence-electron chi connectivity index (χ3n) is 4.90. The zero-order valence-corrected chi connectivity index (χ0v) is 17.6. The summed E-state index contributed by atoms with van der Waals surface area (Å²) in [5, 5.41) is 5.85. The van der Waals surface area contributed by atoms with Crippen molar-refractivity contribution in [1.29, 1.82) is 0 Å². The minimum Gasteiger partial charge on any atom is -0.377 e.